The predicted octanol–water partition coefficient (Wildman–Crippen LogP) is 4.68. The topological polar surface area (TPSA) is 149 Å². The first-order valence-electron chi connectivity index (χ1n) is 16.8. The summed E-state index contributed by atoms with van der Waals surface area (Å²) in [5, 5.41) is 6.44. The van der Waals surface area contributed by atoms with Gasteiger partial charge in [-0.2, -0.15) is 0 Å². The van der Waals surface area contributed by atoms with Gasteiger partial charge in [-0.25, -0.2) is 4.98 Å². The van der Waals surface area contributed by atoms with Gasteiger partial charge in [0.05, 0.1) is 4.88 Å². The first-order valence-corrected chi connectivity index (χ1v) is 17.6. The van der Waals surface area contributed by atoms with Gasteiger partial charge in [0.25, 0.3) is 11.8 Å². The van der Waals surface area contributed by atoms with Crippen molar-refractivity contribution in [2.24, 2.45) is 5.92 Å². The van der Waals surface area contributed by atoms with Crippen molar-refractivity contribution in [2.75, 3.05) is 30.8 Å². The molecule has 49 heavy (non-hydrogen) atoms. The van der Waals surface area contributed by atoms with Crippen LogP contribution in [-0.2, 0) is 30.5 Å². The number of thiazole rings is 1. The monoisotopic (exact) mass is 684 g/mol. The molecule has 2 fully saturated rings. The summed E-state index contributed by atoms with van der Waals surface area (Å²) in [6.45, 7) is 1.27. The number of carbonyl (C=O) groups is 6. The molecule has 2 aromatic carbocycles. The minimum atomic E-state index is -0.706. The number of aromatic nitrogens is 1. The third-order valence-corrected chi connectivity index (χ3v) is 10.5. The molecule has 2 saturated heterocycles. The van der Waals surface area contributed by atoms with Crippen LogP contribution < -0.4 is 10.6 Å². The Bertz CT molecular complexity index is 1750. The Labute approximate surface area is 288 Å². The first kappa shape index (κ1) is 34.0. The molecule has 3 aromatic rings. The molecule has 3 aliphatic heterocycles. The SMILES string of the molecule is CN1C(=O)CCC(N2Cc3c(NC(=O)CCCCCC(=O)N4CCC(C(=O)Nc5ncc(-c6ccccc6)s5)CC4)cccc3C2=O)C1=O. The lowest BCUT2D eigenvalue weighted by atomic mass is 9.95. The van der Waals surface area contributed by atoms with Gasteiger partial charge in [0, 0.05) is 74.9 Å². The fraction of sp³-hybridized carbons (Fsp3) is 0.417. The summed E-state index contributed by atoms with van der Waals surface area (Å²) in [5.74, 6) is -1.27. The zero-order valence-electron chi connectivity index (χ0n) is 27.5. The van der Waals surface area contributed by atoms with E-state index in [1.165, 1.54) is 23.3 Å². The Hall–Kier alpha value is -4.91. The van der Waals surface area contributed by atoms with Crippen LogP contribution in [0.3, 0.4) is 0 Å². The van der Waals surface area contributed by atoms with Crippen LogP contribution >= 0.6 is 11.3 Å². The van der Waals surface area contributed by atoms with Crippen LogP contribution in [0.2, 0.25) is 0 Å². The van der Waals surface area contributed by atoms with E-state index in [2.05, 4.69) is 15.6 Å². The zero-order chi connectivity index (χ0) is 34.5. The molecule has 1 unspecified atom stereocenters. The third-order valence-electron chi connectivity index (χ3n) is 9.57. The maximum absolute atomic E-state index is 13.1. The molecule has 3 aliphatic rings. The van der Waals surface area contributed by atoms with E-state index in [1.807, 2.05) is 35.2 Å². The van der Waals surface area contributed by atoms with Crippen LogP contribution in [0.1, 0.15) is 73.7 Å². The molecule has 0 radical (unpaired) electrons. The van der Waals surface area contributed by atoms with Crippen molar-refractivity contribution in [1.82, 2.24) is 19.7 Å². The summed E-state index contributed by atoms with van der Waals surface area (Å²) in [5.41, 5.74) is 2.72. The number of hydrogen-bond donors (Lipinski definition) is 2. The maximum atomic E-state index is 13.1. The van der Waals surface area contributed by atoms with Crippen LogP contribution in [0.4, 0.5) is 10.8 Å². The lowest BCUT2D eigenvalue weighted by Crippen LogP contribution is -2.53. The third kappa shape index (κ3) is 7.72. The molecular weight excluding hydrogens is 644 g/mol. The number of anilines is 2. The number of fused-ring (bicyclic) bond motifs is 1. The number of unbranched alkanes of at least 4 members (excludes halogenated alkanes) is 2. The van der Waals surface area contributed by atoms with Gasteiger partial charge in [-0.15, -0.1) is 0 Å². The molecule has 4 heterocycles. The average Bonchev–Trinajstić information content (AvgIpc) is 3.72. The van der Waals surface area contributed by atoms with Gasteiger partial charge in [-0.1, -0.05) is 54.2 Å². The number of amides is 6. The molecule has 6 rings (SSSR count). The molecule has 13 heteroatoms. The lowest BCUT2D eigenvalue weighted by molar-refractivity contribution is -0.150. The molecule has 2 N–H and O–H groups in total. The summed E-state index contributed by atoms with van der Waals surface area (Å²) in [4.78, 5) is 86.0. The number of benzene rings is 2. The minimum Gasteiger partial charge on any atom is -0.343 e. The quantitative estimate of drug-likeness (QED) is 0.220. The number of likely N-dealkylation sites (tertiary alicyclic amines) is 2. The Morgan fingerprint density at radius 1 is 0.898 bits per heavy atom. The first-order chi connectivity index (χ1) is 23.7. The van der Waals surface area contributed by atoms with E-state index in [1.54, 1.807) is 24.4 Å². The largest absolute Gasteiger partial charge is 0.343 e. The Balaban J connectivity index is 0.886. The van der Waals surface area contributed by atoms with Crippen molar-refractivity contribution < 1.29 is 28.8 Å². The summed E-state index contributed by atoms with van der Waals surface area (Å²) in [7, 11) is 1.43. The van der Waals surface area contributed by atoms with Gasteiger partial charge in [0.2, 0.25) is 23.6 Å². The fourth-order valence-electron chi connectivity index (χ4n) is 6.69. The highest BCUT2D eigenvalue weighted by Crippen LogP contribution is 2.33. The number of hydrogen-bond acceptors (Lipinski definition) is 8. The normalized spacial score (nSPS) is 18.1. The van der Waals surface area contributed by atoms with Gasteiger partial charge >= 0.3 is 0 Å². The number of nitrogens with zero attached hydrogens (tertiary/aromatic N) is 4. The van der Waals surface area contributed by atoms with Crippen molar-refractivity contribution in [3.8, 4) is 10.4 Å². The predicted molar refractivity (Wildman–Crippen MR) is 184 cm³/mol. The summed E-state index contributed by atoms with van der Waals surface area (Å²) in [6.07, 6.45) is 6.12. The number of nitrogens with one attached hydrogen (secondary N) is 2. The van der Waals surface area contributed by atoms with Gasteiger partial charge in [0.1, 0.15) is 6.04 Å². The van der Waals surface area contributed by atoms with Crippen molar-refractivity contribution >= 4 is 57.6 Å². The molecule has 0 aliphatic carbocycles. The van der Waals surface area contributed by atoms with Crippen LogP contribution in [0.15, 0.2) is 54.7 Å². The Kier molecular flexibility index (Phi) is 10.5. The number of piperidine rings is 2. The standard InChI is InChI=1S/C36H40N6O6S/c1-40-31(44)16-15-28(35(40)48)42-22-26-25(34(42)47)11-8-12-27(26)38-30(43)13-6-3-7-14-32(45)41-19-17-24(18-20-41)33(46)39-36-37-21-29(49-36)23-9-4-2-5-10-23/h2,4-5,8-12,21,24,28H,3,6-7,13-20,22H2,1H3,(H,38,43)(H,37,39,46). The van der Waals surface area contributed by atoms with E-state index in [9.17, 15) is 28.8 Å². The highest BCUT2D eigenvalue weighted by atomic mass is 32.1. The van der Waals surface area contributed by atoms with Crippen molar-refractivity contribution in [1.29, 1.82) is 0 Å². The van der Waals surface area contributed by atoms with Gasteiger partial charge < -0.3 is 20.4 Å². The second-order valence-corrected chi connectivity index (χ2v) is 13.8. The summed E-state index contributed by atoms with van der Waals surface area (Å²) >= 11 is 1.44. The van der Waals surface area contributed by atoms with Gasteiger partial charge in [0.15, 0.2) is 5.13 Å². The Morgan fingerprint density at radius 3 is 2.43 bits per heavy atom. The van der Waals surface area contributed by atoms with Gasteiger partial charge in [-0.3, -0.25) is 33.7 Å². The van der Waals surface area contributed by atoms with Crippen LogP contribution in [0.25, 0.3) is 10.4 Å². The van der Waals surface area contributed by atoms with E-state index < -0.39 is 6.04 Å². The number of imide groups is 1. The lowest BCUT2D eigenvalue weighted by Gasteiger charge is -2.33. The molecular formula is C36H40N6O6S. The molecule has 12 nitrogen and oxygen atoms in total. The van der Waals surface area contributed by atoms with Gasteiger partial charge in [-0.05, 0) is 49.8 Å². The van der Waals surface area contributed by atoms with Crippen molar-refractivity contribution in [2.45, 2.75) is 70.4 Å². The smallest absolute Gasteiger partial charge is 0.255 e. The van der Waals surface area contributed by atoms with E-state index in [0.717, 1.165) is 15.3 Å². The van der Waals surface area contributed by atoms with E-state index in [-0.39, 0.29) is 67.2 Å². The summed E-state index contributed by atoms with van der Waals surface area (Å²) < 4.78 is 0. The molecule has 1 aromatic heterocycles. The second kappa shape index (κ2) is 15.1. The van der Waals surface area contributed by atoms with E-state index in [0.29, 0.717) is 73.6 Å². The molecule has 1 atom stereocenters. The highest BCUT2D eigenvalue weighted by molar-refractivity contribution is 7.19. The van der Waals surface area contributed by atoms with Crippen LogP contribution in [0, 0.1) is 5.92 Å². The number of carbonyl (C=O) groups excluding carboxylic acids is 6. The van der Waals surface area contributed by atoms with Crippen molar-refractivity contribution in [3.05, 3.63) is 65.9 Å². The fourth-order valence-corrected chi connectivity index (χ4v) is 7.51. The van der Waals surface area contributed by atoms with Crippen LogP contribution in [-0.4, -0.2) is 81.3 Å². The Morgan fingerprint density at radius 2 is 1.65 bits per heavy atom. The van der Waals surface area contributed by atoms with Crippen LogP contribution in [0.5, 0.6) is 0 Å². The minimum absolute atomic E-state index is 0.0615. The average molecular weight is 685 g/mol. The zero-order valence-corrected chi connectivity index (χ0v) is 28.3. The second-order valence-electron chi connectivity index (χ2n) is 12.8. The molecule has 0 bridgehead atoms. The molecule has 6 amide bonds. The molecule has 0 spiro atoms. The van der Waals surface area contributed by atoms with Crippen molar-refractivity contribution in [3.63, 3.8) is 0 Å². The molecule has 256 valence electrons. The number of likely N-dealkylation sites (N-methyl/N-ethyl adjacent to an activating group) is 1. The summed E-state index contributed by atoms with van der Waals surface area (Å²) in [6, 6.07) is 14.3. The highest BCUT2D eigenvalue weighted by Gasteiger charge is 2.42. The maximum Gasteiger partial charge on any atom is 0.255 e. The van der Waals surface area contributed by atoms with E-state index in [4.69, 9.17) is 0 Å². The molecule has 0 saturated carbocycles. The van der Waals surface area contributed by atoms with E-state index >= 15 is 0 Å². The number of rotatable bonds is 11.